The third-order valence-electron chi connectivity index (χ3n) is 4.93. The topological polar surface area (TPSA) is 43.1 Å². The predicted octanol–water partition coefficient (Wildman–Crippen LogP) is 5.65. The third kappa shape index (κ3) is 3.16. The van der Waals surface area contributed by atoms with Crippen molar-refractivity contribution in [2.24, 2.45) is 0 Å². The van der Waals surface area contributed by atoms with Gasteiger partial charge in [0.05, 0.1) is 10.7 Å². The molecule has 3 aromatic rings. The second kappa shape index (κ2) is 6.74. The number of hydrogen-bond acceptors (Lipinski definition) is 3. The molecule has 1 aliphatic rings. The minimum absolute atomic E-state index is 0.0983. The Hall–Kier alpha value is -2.22. The van der Waals surface area contributed by atoms with E-state index in [0.717, 1.165) is 31.7 Å². The first-order valence-corrected chi connectivity index (χ1v) is 9.01. The summed E-state index contributed by atoms with van der Waals surface area (Å²) in [7, 11) is 0. The molecule has 142 valence electrons. The van der Waals surface area contributed by atoms with Crippen LogP contribution in [0.1, 0.15) is 49.4 Å². The van der Waals surface area contributed by atoms with Crippen molar-refractivity contribution in [1.82, 2.24) is 19.6 Å². The monoisotopic (exact) mass is 398 g/mol. The lowest BCUT2D eigenvalue weighted by molar-refractivity contribution is -0.142. The van der Waals surface area contributed by atoms with E-state index in [9.17, 15) is 17.6 Å². The Morgan fingerprint density at radius 1 is 1.07 bits per heavy atom. The van der Waals surface area contributed by atoms with Crippen molar-refractivity contribution >= 4 is 17.4 Å². The molecule has 4 nitrogen and oxygen atoms in total. The van der Waals surface area contributed by atoms with E-state index in [4.69, 9.17) is 11.6 Å². The first-order chi connectivity index (χ1) is 12.9. The van der Waals surface area contributed by atoms with Gasteiger partial charge >= 0.3 is 6.18 Å². The lowest BCUT2D eigenvalue weighted by atomic mass is 9.83. The molecule has 27 heavy (non-hydrogen) atoms. The zero-order valence-corrected chi connectivity index (χ0v) is 14.9. The van der Waals surface area contributed by atoms with Gasteiger partial charge in [-0.05, 0) is 25.0 Å². The quantitative estimate of drug-likeness (QED) is 0.524. The zero-order chi connectivity index (χ0) is 19.2. The second-order valence-electron chi connectivity index (χ2n) is 6.62. The van der Waals surface area contributed by atoms with Crippen LogP contribution in [-0.2, 0) is 6.18 Å². The fraction of sp³-hybridized carbons (Fsp3) is 0.389. The number of rotatable bonds is 2. The predicted molar refractivity (Wildman–Crippen MR) is 92.0 cm³/mol. The Kier molecular flexibility index (Phi) is 4.53. The van der Waals surface area contributed by atoms with E-state index in [1.807, 2.05) is 0 Å². The highest BCUT2D eigenvalue weighted by Gasteiger charge is 2.41. The highest BCUT2D eigenvalue weighted by Crippen LogP contribution is 2.46. The molecule has 0 amide bonds. The average molecular weight is 399 g/mol. The Morgan fingerprint density at radius 3 is 2.48 bits per heavy atom. The maximum Gasteiger partial charge on any atom is 0.434 e. The molecular weight excluding hydrogens is 384 g/mol. The maximum atomic E-state index is 14.7. The number of benzene rings is 1. The van der Waals surface area contributed by atoms with Crippen LogP contribution in [0.4, 0.5) is 17.6 Å². The number of halogens is 5. The van der Waals surface area contributed by atoms with Crippen molar-refractivity contribution < 1.29 is 17.6 Å². The van der Waals surface area contributed by atoms with Gasteiger partial charge in [-0.25, -0.2) is 9.37 Å². The molecule has 0 atom stereocenters. The number of nitrogens with zero attached hydrogens (tertiary/aromatic N) is 4. The van der Waals surface area contributed by atoms with Crippen molar-refractivity contribution in [2.45, 2.75) is 44.2 Å². The van der Waals surface area contributed by atoms with Crippen molar-refractivity contribution in [3.8, 4) is 11.1 Å². The van der Waals surface area contributed by atoms with Crippen LogP contribution in [0.2, 0.25) is 5.02 Å². The lowest BCUT2D eigenvalue weighted by Crippen LogP contribution is -2.20. The minimum Gasteiger partial charge on any atom is -0.215 e. The Labute approximate surface area is 157 Å². The summed E-state index contributed by atoms with van der Waals surface area (Å²) in [6.45, 7) is 0. The van der Waals surface area contributed by atoms with Crippen LogP contribution in [0.25, 0.3) is 16.9 Å². The molecule has 1 fully saturated rings. The van der Waals surface area contributed by atoms with Crippen molar-refractivity contribution in [3.05, 3.63) is 46.8 Å². The average Bonchev–Trinajstić information content (AvgIpc) is 3.08. The molecule has 0 radical (unpaired) electrons. The first kappa shape index (κ1) is 18.2. The van der Waals surface area contributed by atoms with Crippen molar-refractivity contribution in [2.75, 3.05) is 0 Å². The SMILES string of the molecule is Fc1cccc(Cl)c1-c1c(C2CCCCC2)nc2ncnn2c1C(F)(F)F. The lowest BCUT2D eigenvalue weighted by Gasteiger charge is -2.26. The standard InChI is InChI=1S/C18H15ClF4N4/c19-11-7-4-8-12(20)13(11)14-15(10-5-2-1-3-6-10)26-17-24-9-25-27(17)16(14)18(21,22)23/h4,7-10H,1-3,5-6H2. The number of alkyl halides is 3. The molecule has 9 heteroatoms. The van der Waals surface area contributed by atoms with Gasteiger partial charge in [-0.15, -0.1) is 0 Å². The van der Waals surface area contributed by atoms with Gasteiger partial charge in [-0.1, -0.05) is 36.9 Å². The Morgan fingerprint density at radius 2 is 1.81 bits per heavy atom. The largest absolute Gasteiger partial charge is 0.434 e. The highest BCUT2D eigenvalue weighted by molar-refractivity contribution is 6.33. The van der Waals surface area contributed by atoms with Gasteiger partial charge < -0.3 is 0 Å². The van der Waals surface area contributed by atoms with E-state index in [2.05, 4.69) is 15.1 Å². The van der Waals surface area contributed by atoms with E-state index < -0.39 is 17.7 Å². The van der Waals surface area contributed by atoms with Gasteiger partial charge in [-0.3, -0.25) is 0 Å². The molecule has 0 bridgehead atoms. The van der Waals surface area contributed by atoms with E-state index in [1.54, 1.807) is 0 Å². The summed E-state index contributed by atoms with van der Waals surface area (Å²) < 4.78 is 57.5. The van der Waals surface area contributed by atoms with Gasteiger partial charge in [0.1, 0.15) is 12.1 Å². The second-order valence-corrected chi connectivity index (χ2v) is 7.03. The summed E-state index contributed by atoms with van der Waals surface area (Å²) >= 11 is 6.14. The van der Waals surface area contributed by atoms with Crippen molar-refractivity contribution in [1.29, 1.82) is 0 Å². The number of fused-ring (bicyclic) bond motifs is 1. The highest BCUT2D eigenvalue weighted by atomic mass is 35.5. The normalized spacial score (nSPS) is 16.2. The van der Waals surface area contributed by atoms with Crippen LogP contribution in [0.15, 0.2) is 24.5 Å². The molecule has 0 N–H and O–H groups in total. The third-order valence-corrected chi connectivity index (χ3v) is 5.24. The minimum atomic E-state index is -4.79. The summed E-state index contributed by atoms with van der Waals surface area (Å²) in [4.78, 5) is 8.20. The molecule has 0 saturated heterocycles. The summed E-state index contributed by atoms with van der Waals surface area (Å²) in [5.41, 5.74) is -1.54. The fourth-order valence-electron chi connectivity index (χ4n) is 3.78. The summed E-state index contributed by atoms with van der Waals surface area (Å²) in [6.07, 6.45) is 0.382. The molecule has 1 saturated carbocycles. The molecule has 4 rings (SSSR count). The molecule has 1 aliphatic carbocycles. The fourth-order valence-corrected chi connectivity index (χ4v) is 4.03. The van der Waals surface area contributed by atoms with E-state index in [-0.39, 0.29) is 33.5 Å². The maximum absolute atomic E-state index is 14.7. The van der Waals surface area contributed by atoms with E-state index >= 15 is 0 Å². The smallest absolute Gasteiger partial charge is 0.215 e. The summed E-state index contributed by atoms with van der Waals surface area (Å²) in [6, 6.07) is 3.82. The van der Waals surface area contributed by atoms with E-state index in [0.29, 0.717) is 17.4 Å². The molecule has 1 aromatic carbocycles. The summed E-state index contributed by atoms with van der Waals surface area (Å²) in [5.74, 6) is -1.20. The van der Waals surface area contributed by atoms with E-state index in [1.165, 1.54) is 12.1 Å². The number of hydrogen-bond donors (Lipinski definition) is 0. The molecule has 0 unspecified atom stereocenters. The van der Waals surface area contributed by atoms with Gasteiger partial charge in [0, 0.05) is 17.0 Å². The summed E-state index contributed by atoms with van der Waals surface area (Å²) in [5, 5.41) is 3.58. The van der Waals surface area contributed by atoms with Crippen LogP contribution in [0, 0.1) is 5.82 Å². The molecule has 2 heterocycles. The van der Waals surface area contributed by atoms with Crippen LogP contribution in [0.5, 0.6) is 0 Å². The Balaban J connectivity index is 2.12. The Bertz CT molecular complexity index is 973. The molecule has 0 aliphatic heterocycles. The van der Waals surface area contributed by atoms with Crippen LogP contribution in [0.3, 0.4) is 0 Å². The van der Waals surface area contributed by atoms with Gasteiger partial charge in [-0.2, -0.15) is 27.8 Å². The molecular formula is C18H15ClF4N4. The molecule has 0 spiro atoms. The first-order valence-electron chi connectivity index (χ1n) is 8.63. The van der Waals surface area contributed by atoms with Crippen molar-refractivity contribution in [3.63, 3.8) is 0 Å². The molecule has 2 aromatic heterocycles. The van der Waals surface area contributed by atoms with Crippen LogP contribution in [-0.4, -0.2) is 19.6 Å². The zero-order valence-electron chi connectivity index (χ0n) is 14.1. The van der Waals surface area contributed by atoms with Gasteiger partial charge in [0.25, 0.3) is 5.78 Å². The van der Waals surface area contributed by atoms with Gasteiger partial charge in [0.2, 0.25) is 0 Å². The number of aromatic nitrogens is 4. The van der Waals surface area contributed by atoms with Crippen LogP contribution >= 0.6 is 11.6 Å². The van der Waals surface area contributed by atoms with Crippen LogP contribution < -0.4 is 0 Å². The van der Waals surface area contributed by atoms with Gasteiger partial charge in [0.15, 0.2) is 5.69 Å².